The lowest BCUT2D eigenvalue weighted by atomic mass is 10.2. The van der Waals surface area contributed by atoms with E-state index >= 15 is 0 Å². The molecule has 1 heterocycles. The molecule has 3 rings (SSSR count). The van der Waals surface area contributed by atoms with E-state index in [2.05, 4.69) is 0 Å². The molecule has 0 saturated carbocycles. The van der Waals surface area contributed by atoms with Gasteiger partial charge in [-0.3, -0.25) is 4.79 Å². The van der Waals surface area contributed by atoms with Crippen LogP contribution in [0, 0.1) is 0 Å². The van der Waals surface area contributed by atoms with Crippen molar-refractivity contribution in [2.45, 2.75) is 19.1 Å². The Morgan fingerprint density at radius 2 is 2.09 bits per heavy atom. The Morgan fingerprint density at radius 3 is 2.83 bits per heavy atom. The molecule has 5 heteroatoms. The third kappa shape index (κ3) is 4.03. The highest BCUT2D eigenvalue weighted by Crippen LogP contribution is 2.19. The van der Waals surface area contributed by atoms with Crippen molar-refractivity contribution >= 4 is 17.5 Å². The van der Waals surface area contributed by atoms with Crippen molar-refractivity contribution in [3.8, 4) is 5.75 Å². The van der Waals surface area contributed by atoms with Gasteiger partial charge in [0.25, 0.3) is 5.91 Å². The van der Waals surface area contributed by atoms with Crippen molar-refractivity contribution in [2.24, 2.45) is 0 Å². The van der Waals surface area contributed by atoms with Crippen LogP contribution < -0.4 is 4.74 Å². The van der Waals surface area contributed by atoms with Crippen LogP contribution in [0.5, 0.6) is 5.75 Å². The zero-order valence-corrected chi connectivity index (χ0v) is 13.4. The highest BCUT2D eigenvalue weighted by atomic mass is 35.5. The van der Waals surface area contributed by atoms with Gasteiger partial charge in [-0.15, -0.1) is 0 Å². The summed E-state index contributed by atoms with van der Waals surface area (Å²) >= 11 is 5.95. The molecule has 0 aliphatic carbocycles. The summed E-state index contributed by atoms with van der Waals surface area (Å²) in [4.78, 5) is 14.1. The number of aliphatic hydroxyl groups excluding tert-OH is 1. The molecule has 1 aliphatic rings. The van der Waals surface area contributed by atoms with Crippen LogP contribution in [-0.2, 0) is 6.61 Å². The Morgan fingerprint density at radius 1 is 1.26 bits per heavy atom. The maximum absolute atomic E-state index is 12.4. The standard InChI is InChI=1S/C18H18ClNO3/c19-15-5-1-3-13(9-15)12-23-17-6-2-4-14(10-17)18(22)20-8-7-16(21)11-20/h1-6,9-10,16,21H,7-8,11-12H2/t16-/m1/s1. The number of amides is 1. The molecule has 1 N–H and O–H groups in total. The first-order chi connectivity index (χ1) is 11.1. The molecular weight excluding hydrogens is 314 g/mol. The quantitative estimate of drug-likeness (QED) is 0.936. The smallest absolute Gasteiger partial charge is 0.254 e. The summed E-state index contributed by atoms with van der Waals surface area (Å²) in [6.45, 7) is 1.38. The minimum atomic E-state index is -0.416. The van der Waals surface area contributed by atoms with Crippen molar-refractivity contribution in [2.75, 3.05) is 13.1 Å². The molecule has 1 fully saturated rings. The number of carbonyl (C=O) groups excluding carboxylic acids is 1. The highest BCUT2D eigenvalue weighted by Gasteiger charge is 2.25. The molecule has 0 radical (unpaired) electrons. The predicted molar refractivity (Wildman–Crippen MR) is 88.8 cm³/mol. The fraction of sp³-hybridized carbons (Fsp3) is 0.278. The number of β-amino-alcohol motifs (C(OH)–C–C–N with tert-alkyl or cyclic N) is 1. The zero-order chi connectivity index (χ0) is 16.2. The first-order valence-corrected chi connectivity index (χ1v) is 7.94. The van der Waals surface area contributed by atoms with Crippen LogP contribution in [0.25, 0.3) is 0 Å². The topological polar surface area (TPSA) is 49.8 Å². The molecule has 2 aromatic carbocycles. The van der Waals surface area contributed by atoms with E-state index < -0.39 is 6.10 Å². The van der Waals surface area contributed by atoms with Crippen LogP contribution in [0.1, 0.15) is 22.3 Å². The van der Waals surface area contributed by atoms with Gasteiger partial charge in [-0.1, -0.05) is 29.8 Å². The van der Waals surface area contributed by atoms with E-state index in [4.69, 9.17) is 16.3 Å². The number of carbonyl (C=O) groups is 1. The molecule has 2 aromatic rings. The lowest BCUT2D eigenvalue weighted by Crippen LogP contribution is -2.29. The fourth-order valence-electron chi connectivity index (χ4n) is 2.62. The van der Waals surface area contributed by atoms with Crippen molar-refractivity contribution in [3.63, 3.8) is 0 Å². The van der Waals surface area contributed by atoms with Crippen molar-refractivity contribution in [3.05, 3.63) is 64.7 Å². The molecule has 4 nitrogen and oxygen atoms in total. The first-order valence-electron chi connectivity index (χ1n) is 7.56. The number of rotatable bonds is 4. The summed E-state index contributed by atoms with van der Waals surface area (Å²) < 4.78 is 5.74. The normalized spacial score (nSPS) is 17.3. The minimum absolute atomic E-state index is 0.0743. The van der Waals surface area contributed by atoms with Gasteiger partial charge in [0.05, 0.1) is 6.10 Å². The average molecular weight is 332 g/mol. The Labute approximate surface area is 140 Å². The molecule has 120 valence electrons. The van der Waals surface area contributed by atoms with Crippen LogP contribution in [0.4, 0.5) is 0 Å². The molecule has 0 spiro atoms. The van der Waals surface area contributed by atoms with E-state index in [1.54, 1.807) is 23.1 Å². The van der Waals surface area contributed by atoms with Gasteiger partial charge in [0, 0.05) is 23.7 Å². The largest absolute Gasteiger partial charge is 0.489 e. The number of nitrogens with zero attached hydrogens (tertiary/aromatic N) is 1. The van der Waals surface area contributed by atoms with Gasteiger partial charge in [0.1, 0.15) is 12.4 Å². The van der Waals surface area contributed by atoms with E-state index in [9.17, 15) is 9.90 Å². The SMILES string of the molecule is O=C(c1cccc(OCc2cccc(Cl)c2)c1)N1CC[C@@H](O)C1. The van der Waals surface area contributed by atoms with E-state index in [0.29, 0.717) is 42.5 Å². The molecule has 1 aliphatic heterocycles. The van der Waals surface area contributed by atoms with Gasteiger partial charge in [-0.05, 0) is 42.3 Å². The monoisotopic (exact) mass is 331 g/mol. The van der Waals surface area contributed by atoms with E-state index in [0.717, 1.165) is 5.56 Å². The Kier molecular flexibility index (Phi) is 4.84. The van der Waals surface area contributed by atoms with Gasteiger partial charge in [-0.2, -0.15) is 0 Å². The molecular formula is C18H18ClNO3. The number of benzene rings is 2. The van der Waals surface area contributed by atoms with Crippen LogP contribution in [0.2, 0.25) is 5.02 Å². The van der Waals surface area contributed by atoms with Crippen molar-refractivity contribution < 1.29 is 14.6 Å². The van der Waals surface area contributed by atoms with Crippen LogP contribution in [0.15, 0.2) is 48.5 Å². The molecule has 0 unspecified atom stereocenters. The highest BCUT2D eigenvalue weighted by molar-refractivity contribution is 6.30. The van der Waals surface area contributed by atoms with Crippen LogP contribution >= 0.6 is 11.6 Å². The number of hydrogen-bond donors (Lipinski definition) is 1. The number of hydrogen-bond acceptors (Lipinski definition) is 3. The summed E-state index contributed by atoms with van der Waals surface area (Å²) in [5.74, 6) is 0.560. The third-order valence-corrected chi connectivity index (χ3v) is 4.06. The van der Waals surface area contributed by atoms with Gasteiger partial charge >= 0.3 is 0 Å². The lowest BCUT2D eigenvalue weighted by molar-refractivity contribution is 0.0764. The summed E-state index contributed by atoms with van der Waals surface area (Å²) in [5, 5.41) is 10.2. The van der Waals surface area contributed by atoms with Crippen molar-refractivity contribution in [1.82, 2.24) is 4.90 Å². The summed E-state index contributed by atoms with van der Waals surface area (Å²) in [7, 11) is 0. The van der Waals surface area contributed by atoms with Gasteiger partial charge in [0.15, 0.2) is 0 Å². The number of halogens is 1. The van der Waals surface area contributed by atoms with Gasteiger partial charge in [-0.25, -0.2) is 0 Å². The summed E-state index contributed by atoms with van der Waals surface area (Å²) in [5.41, 5.74) is 1.54. The molecule has 0 aromatic heterocycles. The molecule has 23 heavy (non-hydrogen) atoms. The third-order valence-electron chi connectivity index (χ3n) is 3.83. The molecule has 1 saturated heterocycles. The van der Waals surface area contributed by atoms with E-state index in [1.807, 2.05) is 30.3 Å². The lowest BCUT2D eigenvalue weighted by Gasteiger charge is -2.16. The molecule has 1 atom stereocenters. The summed E-state index contributed by atoms with van der Waals surface area (Å²) in [6.07, 6.45) is 0.220. The first kappa shape index (κ1) is 15.8. The van der Waals surface area contributed by atoms with Gasteiger partial charge < -0.3 is 14.7 Å². The number of ether oxygens (including phenoxy) is 1. The van der Waals surface area contributed by atoms with Crippen molar-refractivity contribution in [1.29, 1.82) is 0 Å². The van der Waals surface area contributed by atoms with Crippen LogP contribution in [-0.4, -0.2) is 35.1 Å². The average Bonchev–Trinajstić information content (AvgIpc) is 2.99. The minimum Gasteiger partial charge on any atom is -0.489 e. The number of aliphatic hydroxyl groups is 1. The Balaban J connectivity index is 1.66. The maximum Gasteiger partial charge on any atom is 0.254 e. The second-order valence-corrected chi connectivity index (χ2v) is 6.08. The van der Waals surface area contributed by atoms with Crippen LogP contribution in [0.3, 0.4) is 0 Å². The van der Waals surface area contributed by atoms with Gasteiger partial charge in [0.2, 0.25) is 0 Å². The predicted octanol–water partition coefficient (Wildman–Crippen LogP) is 3.13. The second kappa shape index (κ2) is 7.02. The Hall–Kier alpha value is -2.04. The number of likely N-dealkylation sites (tertiary alicyclic amines) is 1. The molecule has 1 amide bonds. The summed E-state index contributed by atoms with van der Waals surface area (Å²) in [6, 6.07) is 14.6. The molecule has 0 bridgehead atoms. The second-order valence-electron chi connectivity index (χ2n) is 5.64. The maximum atomic E-state index is 12.4. The van der Waals surface area contributed by atoms with E-state index in [-0.39, 0.29) is 5.91 Å². The zero-order valence-electron chi connectivity index (χ0n) is 12.6. The van der Waals surface area contributed by atoms with E-state index in [1.165, 1.54) is 0 Å². The fourth-order valence-corrected chi connectivity index (χ4v) is 2.83. The Bertz CT molecular complexity index is 704.